The molecule has 1 atom stereocenters. The van der Waals surface area contributed by atoms with Gasteiger partial charge in [-0.05, 0) is 31.6 Å². The van der Waals surface area contributed by atoms with Gasteiger partial charge in [-0.1, -0.05) is 32.4 Å². The van der Waals surface area contributed by atoms with Gasteiger partial charge in [0.15, 0.2) is 0 Å². The molecule has 4 nitrogen and oxygen atoms in total. The molecule has 0 spiro atoms. The van der Waals surface area contributed by atoms with Crippen LogP contribution in [0.2, 0.25) is 5.15 Å². The number of nitrogens with zero attached hydrogens (tertiary/aromatic N) is 2. The van der Waals surface area contributed by atoms with Crippen LogP contribution in [0.5, 0.6) is 0 Å². The lowest BCUT2D eigenvalue weighted by Gasteiger charge is -2.23. The zero-order valence-corrected chi connectivity index (χ0v) is 13.5. The summed E-state index contributed by atoms with van der Waals surface area (Å²) < 4.78 is 0. The molecule has 2 rings (SSSR count). The first-order chi connectivity index (χ1) is 9.26. The Hall–Kier alpha value is -0.870. The predicted octanol–water partition coefficient (Wildman–Crippen LogP) is 3.52. The lowest BCUT2D eigenvalue weighted by atomic mass is 9.89. The van der Waals surface area contributed by atoms with Gasteiger partial charge in [0, 0.05) is 18.0 Å². The van der Waals surface area contributed by atoms with E-state index >= 15 is 0 Å². The lowest BCUT2D eigenvalue weighted by molar-refractivity contribution is 0.132. The molecule has 0 radical (unpaired) electrons. The van der Waals surface area contributed by atoms with E-state index in [9.17, 15) is 5.11 Å². The van der Waals surface area contributed by atoms with Gasteiger partial charge in [0.2, 0.25) is 0 Å². The molecule has 112 valence electrons. The van der Waals surface area contributed by atoms with Crippen molar-refractivity contribution in [3.63, 3.8) is 0 Å². The third-order valence-electron chi connectivity index (χ3n) is 3.40. The topological polar surface area (TPSA) is 58.0 Å². The zero-order chi connectivity index (χ0) is 14.9. The van der Waals surface area contributed by atoms with Gasteiger partial charge >= 0.3 is 0 Å². The van der Waals surface area contributed by atoms with Crippen molar-refractivity contribution in [1.82, 2.24) is 9.97 Å². The summed E-state index contributed by atoms with van der Waals surface area (Å²) in [5.74, 6) is 2.04. The standard InChI is InChI=1S/C15H24ClN3O/c1-9-12(16)18-14(10-5-6-10)19-13(9)17-8-11(20)7-15(2,3)4/h10-11,20H,5-8H2,1-4H3,(H,17,18,19). The summed E-state index contributed by atoms with van der Waals surface area (Å²) in [4.78, 5) is 8.88. The van der Waals surface area contributed by atoms with E-state index in [0.29, 0.717) is 17.6 Å². The van der Waals surface area contributed by atoms with Crippen molar-refractivity contribution < 1.29 is 5.11 Å². The van der Waals surface area contributed by atoms with Crippen molar-refractivity contribution in [1.29, 1.82) is 0 Å². The van der Waals surface area contributed by atoms with Gasteiger partial charge in [-0.2, -0.15) is 0 Å². The largest absolute Gasteiger partial charge is 0.391 e. The third-order valence-corrected chi connectivity index (χ3v) is 3.77. The van der Waals surface area contributed by atoms with E-state index in [2.05, 4.69) is 36.1 Å². The quantitative estimate of drug-likeness (QED) is 0.816. The van der Waals surface area contributed by atoms with Gasteiger partial charge in [-0.25, -0.2) is 9.97 Å². The first kappa shape index (κ1) is 15.5. The summed E-state index contributed by atoms with van der Waals surface area (Å²) in [6.07, 6.45) is 2.64. The second-order valence-corrected chi connectivity index (χ2v) is 7.28. The van der Waals surface area contributed by atoms with E-state index in [-0.39, 0.29) is 5.41 Å². The Morgan fingerprint density at radius 1 is 1.35 bits per heavy atom. The van der Waals surface area contributed by atoms with Crippen molar-refractivity contribution >= 4 is 17.4 Å². The highest BCUT2D eigenvalue weighted by Gasteiger charge is 2.28. The van der Waals surface area contributed by atoms with Crippen LogP contribution in [0.15, 0.2) is 0 Å². The fourth-order valence-electron chi connectivity index (χ4n) is 2.20. The first-order valence-electron chi connectivity index (χ1n) is 7.22. The summed E-state index contributed by atoms with van der Waals surface area (Å²) in [5.41, 5.74) is 0.956. The minimum absolute atomic E-state index is 0.110. The average Bonchev–Trinajstić information content (AvgIpc) is 3.12. The van der Waals surface area contributed by atoms with Crippen molar-refractivity contribution in [2.45, 2.75) is 59.0 Å². The molecule has 0 bridgehead atoms. The number of aliphatic hydroxyl groups is 1. The van der Waals surface area contributed by atoms with Crippen LogP contribution in [0, 0.1) is 12.3 Å². The number of aromatic nitrogens is 2. The maximum Gasteiger partial charge on any atom is 0.137 e. The van der Waals surface area contributed by atoms with Crippen molar-refractivity contribution in [3.05, 3.63) is 16.5 Å². The molecule has 1 aromatic rings. The molecule has 1 fully saturated rings. The number of hydrogen-bond acceptors (Lipinski definition) is 4. The molecule has 1 aromatic heterocycles. The number of aliphatic hydroxyl groups excluding tert-OH is 1. The minimum Gasteiger partial charge on any atom is -0.391 e. The van der Waals surface area contributed by atoms with E-state index in [4.69, 9.17) is 11.6 Å². The van der Waals surface area contributed by atoms with E-state index in [1.165, 1.54) is 0 Å². The Labute approximate surface area is 126 Å². The van der Waals surface area contributed by atoms with Gasteiger partial charge in [0.1, 0.15) is 16.8 Å². The second-order valence-electron chi connectivity index (χ2n) is 6.92. The van der Waals surface area contributed by atoms with Crippen LogP contribution in [0.25, 0.3) is 0 Å². The van der Waals surface area contributed by atoms with Crippen LogP contribution >= 0.6 is 11.6 Å². The predicted molar refractivity (Wildman–Crippen MR) is 82.3 cm³/mol. The Morgan fingerprint density at radius 3 is 2.55 bits per heavy atom. The van der Waals surface area contributed by atoms with Crippen LogP contribution in [-0.4, -0.2) is 27.7 Å². The smallest absolute Gasteiger partial charge is 0.137 e. The highest BCUT2D eigenvalue weighted by molar-refractivity contribution is 6.30. The number of halogens is 1. The molecule has 5 heteroatoms. The molecule has 1 aliphatic rings. The van der Waals surface area contributed by atoms with E-state index in [0.717, 1.165) is 36.5 Å². The maximum absolute atomic E-state index is 10.1. The minimum atomic E-state index is -0.396. The molecule has 0 saturated heterocycles. The van der Waals surface area contributed by atoms with Gasteiger partial charge in [0.25, 0.3) is 0 Å². The Bertz CT molecular complexity index is 481. The molecule has 1 saturated carbocycles. The fourth-order valence-corrected chi connectivity index (χ4v) is 2.37. The van der Waals surface area contributed by atoms with E-state index < -0.39 is 6.10 Å². The van der Waals surface area contributed by atoms with Crippen LogP contribution in [0.1, 0.15) is 57.3 Å². The van der Waals surface area contributed by atoms with Gasteiger partial charge in [-0.3, -0.25) is 0 Å². The van der Waals surface area contributed by atoms with E-state index in [1.54, 1.807) is 0 Å². The Kier molecular flexibility index (Phi) is 4.55. The zero-order valence-electron chi connectivity index (χ0n) is 12.7. The molecule has 0 aliphatic heterocycles. The molecule has 1 unspecified atom stereocenters. The number of anilines is 1. The summed E-state index contributed by atoms with van der Waals surface area (Å²) >= 11 is 6.16. The third kappa shape index (κ3) is 4.32. The highest BCUT2D eigenvalue weighted by atomic mass is 35.5. The summed E-state index contributed by atoms with van der Waals surface area (Å²) in [6.45, 7) is 8.74. The van der Waals surface area contributed by atoms with Gasteiger partial charge in [0.05, 0.1) is 6.10 Å². The highest BCUT2D eigenvalue weighted by Crippen LogP contribution is 2.39. The summed E-state index contributed by atoms with van der Waals surface area (Å²) in [7, 11) is 0. The molecular formula is C15H24ClN3O. The summed E-state index contributed by atoms with van der Waals surface area (Å²) in [6, 6.07) is 0. The van der Waals surface area contributed by atoms with Crippen molar-refractivity contribution in [2.75, 3.05) is 11.9 Å². The second kappa shape index (κ2) is 5.86. The van der Waals surface area contributed by atoms with Gasteiger partial charge < -0.3 is 10.4 Å². The van der Waals surface area contributed by atoms with E-state index in [1.807, 2.05) is 6.92 Å². The van der Waals surface area contributed by atoms with Crippen LogP contribution in [-0.2, 0) is 0 Å². The first-order valence-corrected chi connectivity index (χ1v) is 7.60. The van der Waals surface area contributed by atoms with Crippen LogP contribution in [0.4, 0.5) is 5.82 Å². The molecular weight excluding hydrogens is 274 g/mol. The lowest BCUT2D eigenvalue weighted by Crippen LogP contribution is -2.25. The van der Waals surface area contributed by atoms with Crippen LogP contribution < -0.4 is 5.32 Å². The molecule has 0 aromatic carbocycles. The van der Waals surface area contributed by atoms with Gasteiger partial charge in [-0.15, -0.1) is 0 Å². The molecule has 20 heavy (non-hydrogen) atoms. The normalized spacial score (nSPS) is 17.1. The molecule has 2 N–H and O–H groups in total. The Morgan fingerprint density at radius 2 is 2.00 bits per heavy atom. The number of nitrogens with one attached hydrogen (secondary N) is 1. The molecule has 0 amide bonds. The summed E-state index contributed by atoms with van der Waals surface area (Å²) in [5, 5.41) is 13.8. The molecule has 1 aliphatic carbocycles. The molecule has 1 heterocycles. The fraction of sp³-hybridized carbons (Fsp3) is 0.733. The Balaban J connectivity index is 2.01. The average molecular weight is 298 g/mol. The van der Waals surface area contributed by atoms with Crippen molar-refractivity contribution in [2.24, 2.45) is 5.41 Å². The SMILES string of the molecule is Cc1c(Cl)nc(C2CC2)nc1NCC(O)CC(C)(C)C. The van der Waals surface area contributed by atoms with Crippen LogP contribution in [0.3, 0.4) is 0 Å². The monoisotopic (exact) mass is 297 g/mol. The number of rotatable bonds is 5. The van der Waals surface area contributed by atoms with Crippen molar-refractivity contribution in [3.8, 4) is 0 Å². The number of hydrogen-bond donors (Lipinski definition) is 2. The maximum atomic E-state index is 10.1.